The monoisotopic (exact) mass is 231 g/mol. The molecule has 0 aliphatic rings. The molecule has 0 aliphatic carbocycles. The number of nitrogens with one attached hydrogen (secondary N) is 1. The molecule has 0 aromatic heterocycles. The minimum atomic E-state index is -0.554. The first kappa shape index (κ1) is 12.7. The molecule has 0 fully saturated rings. The Balaban J connectivity index is 2.97. The van der Waals surface area contributed by atoms with E-state index in [2.05, 4.69) is 11.9 Å². The van der Waals surface area contributed by atoms with Gasteiger partial charge in [0.15, 0.2) is 0 Å². The second-order valence-corrected chi connectivity index (χ2v) is 3.67. The minimum absolute atomic E-state index is 0.0666. The van der Waals surface area contributed by atoms with Crippen LogP contribution in [0.5, 0.6) is 0 Å². The standard InChI is InChI=1S/C12H13N3O2/c1-3-4-9(2)14-11-6-5-10(8-13)12(7-11)15(16)17/h3,5-7,9,14H,1,4H2,2H3. The van der Waals surface area contributed by atoms with Gasteiger partial charge in [0.25, 0.3) is 5.69 Å². The van der Waals surface area contributed by atoms with E-state index < -0.39 is 4.92 Å². The van der Waals surface area contributed by atoms with E-state index in [4.69, 9.17) is 5.26 Å². The number of benzene rings is 1. The van der Waals surface area contributed by atoms with Crippen LogP contribution in [0.2, 0.25) is 0 Å². The van der Waals surface area contributed by atoms with Gasteiger partial charge in [0.1, 0.15) is 11.6 Å². The minimum Gasteiger partial charge on any atom is -0.382 e. The van der Waals surface area contributed by atoms with Gasteiger partial charge in [-0.3, -0.25) is 10.1 Å². The third-order valence-electron chi connectivity index (χ3n) is 2.25. The Morgan fingerprint density at radius 2 is 2.41 bits per heavy atom. The highest BCUT2D eigenvalue weighted by atomic mass is 16.6. The maximum absolute atomic E-state index is 10.8. The summed E-state index contributed by atoms with van der Waals surface area (Å²) in [6, 6.07) is 6.41. The number of nitrogens with zero attached hydrogens (tertiary/aromatic N) is 2. The van der Waals surface area contributed by atoms with Crippen LogP contribution in [0.1, 0.15) is 18.9 Å². The predicted octanol–water partition coefficient (Wildman–Crippen LogP) is 2.84. The molecule has 0 radical (unpaired) electrons. The molecule has 0 aliphatic heterocycles. The zero-order valence-electron chi connectivity index (χ0n) is 9.51. The molecule has 17 heavy (non-hydrogen) atoms. The van der Waals surface area contributed by atoms with E-state index in [-0.39, 0.29) is 17.3 Å². The summed E-state index contributed by atoms with van der Waals surface area (Å²) in [6.07, 6.45) is 2.53. The normalized spacial score (nSPS) is 11.3. The molecule has 1 aromatic rings. The van der Waals surface area contributed by atoms with Crippen LogP contribution >= 0.6 is 0 Å². The second kappa shape index (κ2) is 5.66. The molecule has 0 amide bonds. The Morgan fingerprint density at radius 1 is 1.71 bits per heavy atom. The number of hydrogen-bond donors (Lipinski definition) is 1. The molecule has 1 unspecified atom stereocenters. The highest BCUT2D eigenvalue weighted by molar-refractivity contribution is 5.59. The molecule has 0 heterocycles. The van der Waals surface area contributed by atoms with E-state index >= 15 is 0 Å². The fourth-order valence-corrected chi connectivity index (χ4v) is 1.46. The smallest absolute Gasteiger partial charge is 0.289 e. The lowest BCUT2D eigenvalue weighted by atomic mass is 10.1. The lowest BCUT2D eigenvalue weighted by Gasteiger charge is -2.12. The van der Waals surface area contributed by atoms with Crippen LogP contribution in [0.25, 0.3) is 0 Å². The van der Waals surface area contributed by atoms with Gasteiger partial charge in [-0.1, -0.05) is 6.08 Å². The van der Waals surface area contributed by atoms with Crippen LogP contribution in [0.3, 0.4) is 0 Å². The Morgan fingerprint density at radius 3 is 2.94 bits per heavy atom. The molecule has 0 bridgehead atoms. The van der Waals surface area contributed by atoms with Crippen LogP contribution in [0.4, 0.5) is 11.4 Å². The number of rotatable bonds is 5. The molecule has 1 atom stereocenters. The molecule has 0 saturated carbocycles. The third-order valence-corrected chi connectivity index (χ3v) is 2.25. The number of nitro benzene ring substituents is 1. The third kappa shape index (κ3) is 3.31. The van der Waals surface area contributed by atoms with Crippen molar-refractivity contribution in [2.24, 2.45) is 0 Å². The van der Waals surface area contributed by atoms with Crippen molar-refractivity contribution >= 4 is 11.4 Å². The largest absolute Gasteiger partial charge is 0.382 e. The molecule has 5 nitrogen and oxygen atoms in total. The van der Waals surface area contributed by atoms with Gasteiger partial charge in [-0.2, -0.15) is 5.26 Å². The molecule has 1 rings (SSSR count). The van der Waals surface area contributed by atoms with Crippen molar-refractivity contribution in [2.45, 2.75) is 19.4 Å². The van der Waals surface area contributed by atoms with E-state index in [9.17, 15) is 10.1 Å². The van der Waals surface area contributed by atoms with Crippen LogP contribution in [-0.2, 0) is 0 Å². The van der Waals surface area contributed by atoms with Crippen molar-refractivity contribution in [3.05, 3.63) is 46.5 Å². The maximum Gasteiger partial charge on any atom is 0.289 e. The summed E-state index contributed by atoms with van der Waals surface area (Å²) in [6.45, 7) is 5.57. The average molecular weight is 231 g/mol. The Hall–Kier alpha value is -2.35. The van der Waals surface area contributed by atoms with Crippen LogP contribution < -0.4 is 5.32 Å². The summed E-state index contributed by atoms with van der Waals surface area (Å²) in [4.78, 5) is 10.2. The van der Waals surface area contributed by atoms with Gasteiger partial charge in [-0.15, -0.1) is 6.58 Å². The number of nitro groups is 1. The summed E-state index contributed by atoms with van der Waals surface area (Å²) >= 11 is 0. The Labute approximate surface area is 99.5 Å². The maximum atomic E-state index is 10.8. The zero-order valence-corrected chi connectivity index (χ0v) is 9.51. The number of anilines is 1. The molecule has 0 spiro atoms. The molecule has 1 aromatic carbocycles. The van der Waals surface area contributed by atoms with E-state index in [1.165, 1.54) is 12.1 Å². The van der Waals surface area contributed by atoms with Crippen LogP contribution in [-0.4, -0.2) is 11.0 Å². The highest BCUT2D eigenvalue weighted by Crippen LogP contribution is 2.23. The van der Waals surface area contributed by atoms with Crippen molar-refractivity contribution in [3.8, 4) is 6.07 Å². The number of hydrogen-bond acceptors (Lipinski definition) is 4. The van der Waals surface area contributed by atoms with Gasteiger partial charge in [-0.05, 0) is 25.5 Å². The van der Waals surface area contributed by atoms with E-state index in [0.29, 0.717) is 5.69 Å². The average Bonchev–Trinajstić information content (AvgIpc) is 2.29. The number of nitriles is 1. The molecular formula is C12H13N3O2. The van der Waals surface area contributed by atoms with Crippen molar-refractivity contribution in [1.82, 2.24) is 0 Å². The quantitative estimate of drug-likeness (QED) is 0.480. The van der Waals surface area contributed by atoms with E-state index in [1.54, 1.807) is 18.2 Å². The molecular weight excluding hydrogens is 218 g/mol. The molecule has 88 valence electrons. The highest BCUT2D eigenvalue weighted by Gasteiger charge is 2.14. The molecule has 0 saturated heterocycles. The van der Waals surface area contributed by atoms with E-state index in [1.807, 2.05) is 6.92 Å². The fourth-order valence-electron chi connectivity index (χ4n) is 1.46. The van der Waals surface area contributed by atoms with Crippen LogP contribution in [0.15, 0.2) is 30.9 Å². The first-order valence-electron chi connectivity index (χ1n) is 5.14. The second-order valence-electron chi connectivity index (χ2n) is 3.67. The molecule has 1 N–H and O–H groups in total. The van der Waals surface area contributed by atoms with Gasteiger partial charge < -0.3 is 5.32 Å². The SMILES string of the molecule is C=CCC(C)Nc1ccc(C#N)c([N+](=O)[O-])c1. The fraction of sp³-hybridized carbons (Fsp3) is 0.250. The molecule has 5 heteroatoms. The van der Waals surface area contributed by atoms with Gasteiger partial charge in [-0.25, -0.2) is 0 Å². The predicted molar refractivity (Wildman–Crippen MR) is 65.7 cm³/mol. The van der Waals surface area contributed by atoms with Crippen molar-refractivity contribution in [3.63, 3.8) is 0 Å². The Kier molecular flexibility index (Phi) is 4.23. The summed E-state index contributed by atoms with van der Waals surface area (Å²) in [5.74, 6) is 0. The van der Waals surface area contributed by atoms with Gasteiger partial charge in [0, 0.05) is 17.8 Å². The van der Waals surface area contributed by atoms with Crippen molar-refractivity contribution in [2.75, 3.05) is 5.32 Å². The summed E-state index contributed by atoms with van der Waals surface area (Å²) in [5, 5.41) is 22.6. The van der Waals surface area contributed by atoms with Crippen molar-refractivity contribution in [1.29, 1.82) is 5.26 Å². The lowest BCUT2D eigenvalue weighted by molar-refractivity contribution is -0.385. The van der Waals surface area contributed by atoms with Gasteiger partial charge in [0.2, 0.25) is 0 Å². The topological polar surface area (TPSA) is 79.0 Å². The summed E-state index contributed by atoms with van der Waals surface area (Å²) < 4.78 is 0. The summed E-state index contributed by atoms with van der Waals surface area (Å²) in [7, 11) is 0. The Bertz CT molecular complexity index is 477. The lowest BCUT2D eigenvalue weighted by Crippen LogP contribution is -2.13. The first-order chi connectivity index (χ1) is 8.08. The van der Waals surface area contributed by atoms with Gasteiger partial charge in [0.05, 0.1) is 4.92 Å². The van der Waals surface area contributed by atoms with Crippen LogP contribution in [0, 0.1) is 21.4 Å². The first-order valence-corrected chi connectivity index (χ1v) is 5.14. The van der Waals surface area contributed by atoms with Crippen molar-refractivity contribution < 1.29 is 4.92 Å². The zero-order chi connectivity index (χ0) is 12.8. The van der Waals surface area contributed by atoms with Gasteiger partial charge >= 0.3 is 0 Å². The summed E-state index contributed by atoms with van der Waals surface area (Å²) in [5.41, 5.74) is 0.519. The van der Waals surface area contributed by atoms with E-state index in [0.717, 1.165) is 6.42 Å².